The van der Waals surface area contributed by atoms with Gasteiger partial charge in [0, 0.05) is 50.3 Å². The molecule has 0 spiro atoms. The molecule has 0 saturated carbocycles. The lowest BCUT2D eigenvalue weighted by Crippen LogP contribution is -2.30. The van der Waals surface area contributed by atoms with E-state index < -0.39 is 44.1 Å². The Hall–Kier alpha value is -4.63. The Labute approximate surface area is 257 Å². The molecule has 1 aromatic carbocycles. The van der Waals surface area contributed by atoms with Crippen molar-refractivity contribution >= 4 is 44.0 Å². The summed E-state index contributed by atoms with van der Waals surface area (Å²) >= 11 is 0. The third-order valence-electron chi connectivity index (χ3n) is 7.55. The number of benzene rings is 1. The molecule has 5 heterocycles. The van der Waals surface area contributed by atoms with Gasteiger partial charge in [-0.25, -0.2) is 27.2 Å². The fourth-order valence-corrected chi connectivity index (χ4v) is 6.43. The third-order valence-corrected chi connectivity index (χ3v) is 9.37. The molecule has 0 unspecified atom stereocenters. The quantitative estimate of drug-likeness (QED) is 0.303. The number of carbonyl (C=O) groups excluding carboxylic acids is 1. The van der Waals surface area contributed by atoms with Gasteiger partial charge in [0.25, 0.3) is 5.91 Å². The van der Waals surface area contributed by atoms with Crippen LogP contribution in [0.3, 0.4) is 0 Å². The first-order valence-electron chi connectivity index (χ1n) is 14.1. The van der Waals surface area contributed by atoms with Gasteiger partial charge in [-0.1, -0.05) is 0 Å². The van der Waals surface area contributed by atoms with Crippen LogP contribution >= 0.6 is 0 Å². The molecular weight excluding hydrogens is 610 g/mol. The molecule has 0 bridgehead atoms. The molecular formula is C30H30F2N6O6S. The number of sulfone groups is 1. The number of pyridine rings is 3. The molecule has 4 aromatic rings. The number of fused-ring (bicyclic) bond motifs is 3. The minimum Gasteiger partial charge on any atom is -0.489 e. The van der Waals surface area contributed by atoms with Crippen LogP contribution in [-0.4, -0.2) is 81.8 Å². The van der Waals surface area contributed by atoms with E-state index in [4.69, 9.17) is 19.2 Å². The number of carbonyl (C=O) groups is 1. The Morgan fingerprint density at radius 2 is 2.00 bits per heavy atom. The van der Waals surface area contributed by atoms with Gasteiger partial charge in [0.05, 0.1) is 49.4 Å². The fourth-order valence-electron chi connectivity index (χ4n) is 5.04. The zero-order valence-electron chi connectivity index (χ0n) is 24.5. The van der Waals surface area contributed by atoms with Gasteiger partial charge in [-0.2, -0.15) is 0 Å². The number of hydrogen-bond donors (Lipinski definition) is 1. The minimum absolute atomic E-state index is 0.0598. The van der Waals surface area contributed by atoms with E-state index in [1.165, 1.54) is 0 Å². The van der Waals surface area contributed by atoms with Gasteiger partial charge in [0.2, 0.25) is 15.3 Å². The van der Waals surface area contributed by atoms with Crippen molar-refractivity contribution in [1.82, 2.24) is 20.3 Å². The number of methoxy groups -OCH3 is 1. The smallest absolute Gasteiger partial charge is 0.251 e. The molecule has 45 heavy (non-hydrogen) atoms. The number of rotatable bonds is 8. The van der Waals surface area contributed by atoms with Gasteiger partial charge in [-0.3, -0.25) is 9.78 Å². The lowest BCUT2D eigenvalue weighted by atomic mass is 10.2. The summed E-state index contributed by atoms with van der Waals surface area (Å²) in [5, 5.41) is 3.38. The van der Waals surface area contributed by atoms with Gasteiger partial charge in [0.1, 0.15) is 17.3 Å². The van der Waals surface area contributed by atoms with Crippen molar-refractivity contribution in [3.63, 3.8) is 0 Å². The van der Waals surface area contributed by atoms with Gasteiger partial charge in [0.15, 0.2) is 23.1 Å². The van der Waals surface area contributed by atoms with E-state index >= 15 is 0 Å². The van der Waals surface area contributed by atoms with Crippen LogP contribution in [-0.2, 0) is 21.1 Å². The number of likely N-dealkylation sites (N-methyl/N-ethyl adjacent to an activating group) is 1. The molecule has 0 aliphatic carbocycles. The Bertz CT molecular complexity index is 1880. The highest BCUT2D eigenvalue weighted by Gasteiger charge is 2.35. The summed E-state index contributed by atoms with van der Waals surface area (Å²) in [6.07, 6.45) is 2.95. The summed E-state index contributed by atoms with van der Waals surface area (Å²) in [5.41, 5.74) is -0.585. The number of halogens is 2. The van der Waals surface area contributed by atoms with Crippen molar-refractivity contribution in [2.75, 3.05) is 56.9 Å². The van der Waals surface area contributed by atoms with E-state index in [1.54, 1.807) is 25.6 Å². The van der Waals surface area contributed by atoms with Crippen LogP contribution < -0.4 is 24.6 Å². The highest BCUT2D eigenvalue weighted by Crippen LogP contribution is 2.37. The molecule has 1 atom stereocenters. The topological polar surface area (TPSA) is 136 Å². The minimum atomic E-state index is -4.52. The molecule has 6 rings (SSSR count). The monoisotopic (exact) mass is 640 g/mol. The number of amides is 1. The highest BCUT2D eigenvalue weighted by molar-refractivity contribution is 7.92. The number of aromatic nitrogens is 3. The zero-order valence-corrected chi connectivity index (χ0v) is 25.3. The molecule has 12 nitrogen and oxygen atoms in total. The van der Waals surface area contributed by atoms with E-state index in [1.807, 2.05) is 35.0 Å². The standard InChI is InChI=1S/C30H30F2N6O6S/c1-37(6-9-42-2)21-14-24-29(34-17-21)38(7-10-43-24)27-4-3-18-15-33-20(13-23(18)36-27)16-35-30(39)19-11-22(31)28-25(12-19)45(40,41)26(32)5-8-44-28/h3-4,11-15,17,26H,5-10,16H2,1-2H3,(H,35,39)/t26-/m1/s1. The molecule has 0 radical (unpaired) electrons. The van der Waals surface area contributed by atoms with Crippen LogP contribution in [0.5, 0.6) is 11.5 Å². The van der Waals surface area contributed by atoms with Gasteiger partial charge >= 0.3 is 0 Å². The first-order chi connectivity index (χ1) is 21.7. The van der Waals surface area contributed by atoms with E-state index in [9.17, 15) is 22.0 Å². The van der Waals surface area contributed by atoms with E-state index in [-0.39, 0.29) is 18.7 Å². The normalized spacial score (nSPS) is 17.0. The lowest BCUT2D eigenvalue weighted by Gasteiger charge is -2.30. The zero-order chi connectivity index (χ0) is 31.7. The molecule has 236 valence electrons. The Kier molecular flexibility index (Phi) is 8.38. The van der Waals surface area contributed by atoms with Crippen LogP contribution in [0.2, 0.25) is 0 Å². The molecule has 2 aliphatic rings. The maximum atomic E-state index is 14.7. The van der Waals surface area contributed by atoms with Crippen LogP contribution in [0.25, 0.3) is 10.9 Å². The van der Waals surface area contributed by atoms with Crippen LogP contribution in [0.15, 0.2) is 53.7 Å². The number of alkyl halides is 1. The molecule has 1 N–H and O–H groups in total. The van der Waals surface area contributed by atoms with Crippen molar-refractivity contribution in [3.8, 4) is 11.5 Å². The summed E-state index contributed by atoms with van der Waals surface area (Å²) in [7, 11) is -0.918. The van der Waals surface area contributed by atoms with Crippen molar-refractivity contribution < 1.29 is 36.2 Å². The van der Waals surface area contributed by atoms with Crippen molar-refractivity contribution in [2.45, 2.75) is 23.4 Å². The molecule has 2 aliphatic heterocycles. The number of nitrogens with one attached hydrogen (secondary N) is 1. The Morgan fingerprint density at radius 3 is 2.82 bits per heavy atom. The Balaban J connectivity index is 1.20. The second kappa shape index (κ2) is 12.4. The van der Waals surface area contributed by atoms with Crippen molar-refractivity contribution in [3.05, 3.63) is 65.9 Å². The predicted octanol–water partition coefficient (Wildman–Crippen LogP) is 3.56. The lowest BCUT2D eigenvalue weighted by molar-refractivity contribution is 0.0949. The second-order valence-corrected chi connectivity index (χ2v) is 12.6. The van der Waals surface area contributed by atoms with Gasteiger partial charge in [-0.15, -0.1) is 0 Å². The van der Waals surface area contributed by atoms with E-state index in [0.717, 1.165) is 23.2 Å². The maximum absolute atomic E-state index is 14.7. The number of ether oxygens (including phenoxy) is 3. The average molecular weight is 641 g/mol. The summed E-state index contributed by atoms with van der Waals surface area (Å²) in [6.45, 7) is 1.89. The van der Waals surface area contributed by atoms with Crippen molar-refractivity contribution in [2.24, 2.45) is 0 Å². The summed E-state index contributed by atoms with van der Waals surface area (Å²) in [5.74, 6) is -0.492. The first kappa shape index (κ1) is 30.4. The number of anilines is 3. The summed E-state index contributed by atoms with van der Waals surface area (Å²) in [6, 6.07) is 9.19. The summed E-state index contributed by atoms with van der Waals surface area (Å²) < 4.78 is 70.3. The molecule has 0 saturated heterocycles. The number of nitrogens with zero attached hydrogens (tertiary/aromatic N) is 5. The molecule has 1 amide bonds. The largest absolute Gasteiger partial charge is 0.489 e. The van der Waals surface area contributed by atoms with Crippen molar-refractivity contribution in [1.29, 1.82) is 0 Å². The van der Waals surface area contributed by atoms with Crippen LogP contribution in [0, 0.1) is 5.82 Å². The maximum Gasteiger partial charge on any atom is 0.251 e. The van der Waals surface area contributed by atoms with Crippen LogP contribution in [0.4, 0.5) is 26.1 Å². The average Bonchev–Trinajstić information content (AvgIpc) is 3.16. The SMILES string of the molecule is COCCN(C)c1cnc2c(c1)OCCN2c1ccc2cnc(CNC(=O)c3cc(F)c4c(c3)S(=O)(=O)[C@@H](F)CCO4)cc2n1. The Morgan fingerprint density at radius 1 is 1.16 bits per heavy atom. The fraction of sp³-hybridized carbons (Fsp3) is 0.333. The third kappa shape index (κ3) is 6.04. The summed E-state index contributed by atoms with van der Waals surface area (Å²) in [4.78, 5) is 30.1. The molecule has 3 aromatic heterocycles. The highest BCUT2D eigenvalue weighted by atomic mass is 32.2. The molecule has 0 fully saturated rings. The van der Waals surface area contributed by atoms with Gasteiger partial charge < -0.3 is 29.3 Å². The predicted molar refractivity (Wildman–Crippen MR) is 161 cm³/mol. The van der Waals surface area contributed by atoms with E-state index in [2.05, 4.69) is 15.3 Å². The number of hydrogen-bond acceptors (Lipinski definition) is 11. The second-order valence-electron chi connectivity index (χ2n) is 10.5. The first-order valence-corrected chi connectivity index (χ1v) is 15.7. The van der Waals surface area contributed by atoms with E-state index in [0.29, 0.717) is 54.9 Å². The van der Waals surface area contributed by atoms with Crippen LogP contribution in [0.1, 0.15) is 22.5 Å². The van der Waals surface area contributed by atoms with Gasteiger partial charge in [-0.05, 0) is 30.3 Å². The molecule has 15 heteroatoms.